The number of carbonyl (C=O) groups excluding carboxylic acids is 2. The van der Waals surface area contributed by atoms with Gasteiger partial charge in [-0.1, -0.05) is 11.2 Å². The molecule has 13 heteroatoms. The number of amides is 3. The van der Waals surface area contributed by atoms with Gasteiger partial charge in [-0.05, 0) is 79.1 Å². The number of fused-ring (bicyclic) bond motifs is 1. The van der Waals surface area contributed by atoms with Gasteiger partial charge in [-0.2, -0.15) is 13.2 Å². The number of oxazole rings is 1. The van der Waals surface area contributed by atoms with Gasteiger partial charge in [-0.3, -0.25) is 4.79 Å². The predicted octanol–water partition coefficient (Wildman–Crippen LogP) is 4.45. The highest BCUT2D eigenvalue weighted by molar-refractivity contribution is 5.93. The van der Waals surface area contributed by atoms with E-state index in [-0.39, 0.29) is 30.0 Å². The van der Waals surface area contributed by atoms with E-state index >= 15 is 0 Å². The average Bonchev–Trinajstić information content (AvgIpc) is 3.84. The van der Waals surface area contributed by atoms with Crippen molar-refractivity contribution in [2.24, 2.45) is 17.8 Å². The monoisotopic (exact) mass is 544 g/mol. The largest absolute Gasteiger partial charge is 0.438 e. The summed E-state index contributed by atoms with van der Waals surface area (Å²) in [7, 11) is 0. The molecule has 4 fully saturated rings. The van der Waals surface area contributed by atoms with E-state index in [4.69, 9.17) is 14.0 Å². The van der Waals surface area contributed by atoms with Crippen LogP contribution >= 0.6 is 0 Å². The molecule has 0 radical (unpaired) electrons. The molecule has 3 amide bonds. The van der Waals surface area contributed by atoms with Crippen LogP contribution in [0.2, 0.25) is 0 Å². The molecule has 3 heterocycles. The lowest BCUT2D eigenvalue weighted by Crippen LogP contribution is -2.40. The zero-order valence-electron chi connectivity index (χ0n) is 20.9. The Morgan fingerprint density at radius 1 is 1.13 bits per heavy atom. The number of rotatable bonds is 9. The van der Waals surface area contributed by atoms with Crippen molar-refractivity contribution in [3.63, 3.8) is 0 Å². The van der Waals surface area contributed by atoms with Gasteiger partial charge in [-0.25, -0.2) is 14.4 Å². The minimum atomic E-state index is -4.50. The van der Waals surface area contributed by atoms with Crippen molar-refractivity contribution in [3.8, 4) is 0 Å². The number of aromatic nitrogens is 3. The van der Waals surface area contributed by atoms with Gasteiger partial charge < -0.3 is 20.0 Å². The highest BCUT2D eigenvalue weighted by Crippen LogP contribution is 2.54. The number of nitrogens with zero attached hydrogens (tertiary/aromatic N) is 4. The van der Waals surface area contributed by atoms with Gasteiger partial charge in [0, 0.05) is 12.5 Å². The molecule has 2 aromatic heterocycles. The molecule has 1 aromatic carbocycles. The predicted molar refractivity (Wildman–Crippen MR) is 128 cm³/mol. The Morgan fingerprint density at radius 2 is 1.87 bits per heavy atom. The molecule has 2 N–H and O–H groups in total. The van der Waals surface area contributed by atoms with Crippen LogP contribution in [0.3, 0.4) is 0 Å². The first-order chi connectivity index (χ1) is 18.7. The molecule has 0 spiro atoms. The van der Waals surface area contributed by atoms with Crippen molar-refractivity contribution in [2.45, 2.75) is 69.2 Å². The van der Waals surface area contributed by atoms with Crippen LogP contribution in [-0.2, 0) is 6.54 Å². The zero-order valence-corrected chi connectivity index (χ0v) is 20.9. The summed E-state index contributed by atoms with van der Waals surface area (Å²) >= 11 is 0. The third kappa shape index (κ3) is 4.82. The van der Waals surface area contributed by atoms with Crippen LogP contribution in [0.15, 0.2) is 27.2 Å². The van der Waals surface area contributed by atoms with Crippen molar-refractivity contribution in [3.05, 3.63) is 41.0 Å². The maximum absolute atomic E-state index is 13.4. The quantitative estimate of drug-likeness (QED) is 0.408. The van der Waals surface area contributed by atoms with Gasteiger partial charge in [0.1, 0.15) is 23.3 Å². The summed E-state index contributed by atoms with van der Waals surface area (Å²) in [5.74, 6) is 1.35. The summed E-state index contributed by atoms with van der Waals surface area (Å²) in [4.78, 5) is 31.3. The fraction of sp³-hybridized carbons (Fsp3) is 0.577. The molecule has 1 saturated heterocycles. The Labute approximate surface area is 220 Å². The van der Waals surface area contributed by atoms with Crippen molar-refractivity contribution >= 4 is 23.0 Å². The minimum absolute atomic E-state index is 0.00653. The van der Waals surface area contributed by atoms with E-state index < -0.39 is 30.8 Å². The Hall–Kier alpha value is -3.64. The second kappa shape index (κ2) is 8.95. The van der Waals surface area contributed by atoms with E-state index in [0.717, 1.165) is 43.4 Å². The zero-order chi connectivity index (χ0) is 26.9. The summed E-state index contributed by atoms with van der Waals surface area (Å²) in [6.07, 6.45) is 1.76. The number of alkyl halides is 3. The topological polar surface area (TPSA) is 126 Å². The molecule has 3 aromatic rings. The van der Waals surface area contributed by atoms with Crippen molar-refractivity contribution in [1.29, 1.82) is 0 Å². The van der Waals surface area contributed by atoms with Crippen LogP contribution in [0.1, 0.15) is 78.1 Å². The number of carbonyl (C=O) groups is 2. The molecule has 7 rings (SSSR count). The lowest BCUT2D eigenvalue weighted by atomic mass is 9.89. The normalized spacial score (nSPS) is 22.5. The van der Waals surface area contributed by atoms with Gasteiger partial charge >= 0.3 is 12.2 Å². The van der Waals surface area contributed by atoms with Crippen molar-refractivity contribution < 1.29 is 31.8 Å². The van der Waals surface area contributed by atoms with Crippen molar-refractivity contribution in [1.82, 2.24) is 30.8 Å². The van der Waals surface area contributed by atoms with Gasteiger partial charge in [0.05, 0.1) is 6.54 Å². The van der Waals surface area contributed by atoms with Gasteiger partial charge in [-0.15, -0.1) is 0 Å². The van der Waals surface area contributed by atoms with Crippen LogP contribution in [-0.4, -0.2) is 50.9 Å². The molecule has 2 unspecified atom stereocenters. The summed E-state index contributed by atoms with van der Waals surface area (Å²) in [6.45, 7) is -0.449. The van der Waals surface area contributed by atoms with Gasteiger partial charge in [0.25, 0.3) is 5.91 Å². The maximum atomic E-state index is 13.4. The Kier molecular flexibility index (Phi) is 5.60. The molecule has 4 aliphatic rings. The second-order valence-electron chi connectivity index (χ2n) is 11.3. The van der Waals surface area contributed by atoms with Crippen LogP contribution in [0.4, 0.5) is 18.0 Å². The molecule has 3 saturated carbocycles. The lowest BCUT2D eigenvalue weighted by molar-refractivity contribution is -0.149. The third-order valence-corrected chi connectivity index (χ3v) is 8.19. The van der Waals surface area contributed by atoms with Crippen LogP contribution in [0, 0.1) is 17.8 Å². The number of nitrogens with one attached hydrogen (secondary N) is 2. The highest BCUT2D eigenvalue weighted by atomic mass is 19.4. The molecule has 1 aliphatic heterocycles. The first kappa shape index (κ1) is 24.4. The third-order valence-electron chi connectivity index (χ3n) is 8.19. The van der Waals surface area contributed by atoms with E-state index in [1.165, 1.54) is 0 Å². The summed E-state index contributed by atoms with van der Waals surface area (Å²) < 4.78 is 50.2. The summed E-state index contributed by atoms with van der Waals surface area (Å²) in [5, 5.41) is 12.9. The standard InChI is InChI=1S/C26H27F3N6O4/c27-26(28,29)18-11-35(25(37)31-18)10-12-1-8-17-16(9-12)30-24(38-17)21(19(13-2-3-13)14-4-5-14)32-23(36)22-20(15-6-7-15)33-39-34-22/h1,8-9,13-15,18-19,21H,2-7,10-11H2,(H,31,37)(H,32,36). The highest BCUT2D eigenvalue weighted by Gasteiger charge is 2.49. The van der Waals surface area contributed by atoms with E-state index in [0.29, 0.717) is 40.1 Å². The van der Waals surface area contributed by atoms with E-state index in [9.17, 15) is 22.8 Å². The molecule has 2 atom stereocenters. The molecule has 206 valence electrons. The minimum Gasteiger partial charge on any atom is -0.438 e. The molecule has 3 aliphatic carbocycles. The van der Waals surface area contributed by atoms with Crippen molar-refractivity contribution in [2.75, 3.05) is 6.54 Å². The number of benzene rings is 1. The smallest absolute Gasteiger partial charge is 0.410 e. The van der Waals surface area contributed by atoms with E-state index in [2.05, 4.69) is 15.6 Å². The number of hydrogen-bond donors (Lipinski definition) is 2. The molecule has 39 heavy (non-hydrogen) atoms. The average molecular weight is 545 g/mol. The van der Waals surface area contributed by atoms with Crippen LogP contribution < -0.4 is 10.6 Å². The van der Waals surface area contributed by atoms with Crippen LogP contribution in [0.25, 0.3) is 11.1 Å². The molecular formula is C26H27F3N6O4. The number of halogens is 3. The summed E-state index contributed by atoms with van der Waals surface area (Å²) in [6, 6.07) is 2.01. The lowest BCUT2D eigenvalue weighted by Gasteiger charge is -2.25. The van der Waals surface area contributed by atoms with Gasteiger partial charge in [0.2, 0.25) is 5.89 Å². The van der Waals surface area contributed by atoms with Gasteiger partial charge in [0.15, 0.2) is 11.3 Å². The molecule has 0 bridgehead atoms. The number of hydrogen-bond acceptors (Lipinski definition) is 7. The number of urea groups is 1. The van der Waals surface area contributed by atoms with E-state index in [1.54, 1.807) is 18.2 Å². The van der Waals surface area contributed by atoms with E-state index in [1.807, 2.05) is 5.32 Å². The first-order valence-corrected chi connectivity index (χ1v) is 13.4. The Balaban J connectivity index is 1.15. The fourth-order valence-corrected chi connectivity index (χ4v) is 5.75. The molecular weight excluding hydrogens is 517 g/mol. The first-order valence-electron chi connectivity index (χ1n) is 13.4. The molecule has 10 nitrogen and oxygen atoms in total. The maximum Gasteiger partial charge on any atom is 0.410 e. The SMILES string of the molecule is O=C(NC(c1nc2cc(CN3CC(C(F)(F)F)NC3=O)ccc2o1)C(C1CC1)C1CC1)c1nonc1C1CC1. The Bertz CT molecular complexity index is 1410. The second-order valence-corrected chi connectivity index (χ2v) is 11.3. The van der Waals surface area contributed by atoms with Crippen LogP contribution in [0.5, 0.6) is 0 Å². The fourth-order valence-electron chi connectivity index (χ4n) is 5.75. The summed E-state index contributed by atoms with van der Waals surface area (Å²) in [5.41, 5.74) is 2.43. The Morgan fingerprint density at radius 3 is 2.51 bits per heavy atom.